The van der Waals surface area contributed by atoms with Gasteiger partial charge < -0.3 is 20.1 Å². The molecule has 2 rings (SSSR count). The molecule has 0 saturated carbocycles. The van der Waals surface area contributed by atoms with Gasteiger partial charge in [0.1, 0.15) is 0 Å². The zero-order chi connectivity index (χ0) is 16.8. The number of carbonyl (C=O) groups excluding carboxylic acids is 1. The van der Waals surface area contributed by atoms with Crippen molar-refractivity contribution < 1.29 is 14.6 Å². The highest BCUT2D eigenvalue weighted by molar-refractivity contribution is 7.99. The number of aliphatic hydroxyl groups is 1. The second-order valence-corrected chi connectivity index (χ2v) is 5.84. The van der Waals surface area contributed by atoms with E-state index >= 15 is 0 Å². The van der Waals surface area contributed by atoms with Crippen molar-refractivity contribution in [1.82, 2.24) is 19.5 Å². The molecule has 0 aliphatic carbocycles. The molecule has 2 aromatic heterocycles. The molecule has 0 fully saturated rings. The fraction of sp³-hybridized carbons (Fsp3) is 0.538. The Morgan fingerprint density at radius 2 is 2.22 bits per heavy atom. The van der Waals surface area contributed by atoms with Crippen LogP contribution in [0, 0.1) is 0 Å². The van der Waals surface area contributed by atoms with Gasteiger partial charge in [0.15, 0.2) is 16.3 Å². The minimum Gasteiger partial charge on any atom is -0.469 e. The number of nitrogens with two attached hydrogens (primary N) is 1. The van der Waals surface area contributed by atoms with Crippen LogP contribution in [0.4, 0.5) is 5.95 Å². The number of aromatic nitrogens is 4. The Bertz CT molecular complexity index is 742. The van der Waals surface area contributed by atoms with Crippen molar-refractivity contribution in [3.8, 4) is 0 Å². The number of hydrogen-bond acceptors (Lipinski definition) is 8. The lowest BCUT2D eigenvalue weighted by Crippen LogP contribution is -2.12. The summed E-state index contributed by atoms with van der Waals surface area (Å²) in [7, 11) is 1.37. The van der Waals surface area contributed by atoms with Crippen LogP contribution in [-0.4, -0.2) is 50.1 Å². The highest BCUT2D eigenvalue weighted by Crippen LogP contribution is 2.22. The zero-order valence-electron chi connectivity index (χ0n) is 12.7. The number of fused-ring (bicyclic) bond motifs is 1. The molecule has 0 aliphatic heterocycles. The Kier molecular flexibility index (Phi) is 5.99. The molecule has 0 spiro atoms. The van der Waals surface area contributed by atoms with Crippen LogP contribution in [0.1, 0.15) is 19.3 Å². The number of carbonyl (C=O) groups is 1. The molecule has 0 aromatic carbocycles. The zero-order valence-corrected chi connectivity index (χ0v) is 13.6. The maximum atomic E-state index is 11.9. The van der Waals surface area contributed by atoms with E-state index in [4.69, 9.17) is 5.73 Å². The van der Waals surface area contributed by atoms with Gasteiger partial charge in [0, 0.05) is 18.7 Å². The van der Waals surface area contributed by atoms with Gasteiger partial charge in [0.25, 0.3) is 5.56 Å². The van der Waals surface area contributed by atoms with Crippen LogP contribution in [-0.2, 0) is 16.1 Å². The molecule has 0 atom stereocenters. The molecular formula is C13H19N5O4S. The minimum absolute atomic E-state index is 0.0104. The molecule has 0 saturated heterocycles. The van der Waals surface area contributed by atoms with Gasteiger partial charge in [-0.15, -0.1) is 0 Å². The maximum Gasteiger partial charge on any atom is 0.305 e. The van der Waals surface area contributed by atoms with Gasteiger partial charge >= 0.3 is 5.97 Å². The first-order valence-corrected chi connectivity index (χ1v) is 8.12. The number of imidazole rings is 1. The van der Waals surface area contributed by atoms with E-state index in [1.165, 1.54) is 18.9 Å². The van der Waals surface area contributed by atoms with E-state index in [-0.39, 0.29) is 30.6 Å². The number of nitrogens with zero attached hydrogens (tertiary/aromatic N) is 3. The van der Waals surface area contributed by atoms with Crippen molar-refractivity contribution in [2.75, 3.05) is 25.2 Å². The van der Waals surface area contributed by atoms with E-state index in [2.05, 4.69) is 19.7 Å². The lowest BCUT2D eigenvalue weighted by molar-refractivity contribution is -0.140. The lowest BCUT2D eigenvalue weighted by atomic mass is 10.2. The summed E-state index contributed by atoms with van der Waals surface area (Å²) in [6.45, 7) is 0.173. The van der Waals surface area contributed by atoms with Crippen LogP contribution in [0.2, 0.25) is 0 Å². The predicted molar refractivity (Wildman–Crippen MR) is 86.2 cm³/mol. The number of anilines is 1. The van der Waals surface area contributed by atoms with Gasteiger partial charge in [0.05, 0.1) is 13.7 Å². The van der Waals surface area contributed by atoms with Crippen LogP contribution in [0.15, 0.2) is 9.95 Å². The third kappa shape index (κ3) is 4.23. The van der Waals surface area contributed by atoms with Gasteiger partial charge in [0.2, 0.25) is 5.95 Å². The Balaban J connectivity index is 2.10. The number of nitrogen functional groups attached to an aromatic ring is 1. The monoisotopic (exact) mass is 341 g/mol. The second kappa shape index (κ2) is 7.97. The first-order chi connectivity index (χ1) is 11.1. The van der Waals surface area contributed by atoms with Crippen LogP contribution < -0.4 is 11.3 Å². The Labute approximate surface area is 136 Å². The molecule has 10 heteroatoms. The summed E-state index contributed by atoms with van der Waals surface area (Å²) in [5.74, 6) is 0.504. The largest absolute Gasteiger partial charge is 0.469 e. The molecular weight excluding hydrogens is 322 g/mol. The number of ether oxygens (including phenoxy) is 1. The molecule has 2 heterocycles. The number of methoxy groups -OCH3 is 1. The first-order valence-electron chi connectivity index (χ1n) is 7.13. The summed E-state index contributed by atoms with van der Waals surface area (Å²) in [5.41, 5.74) is 5.71. The molecule has 4 N–H and O–H groups in total. The molecule has 0 unspecified atom stereocenters. The smallest absolute Gasteiger partial charge is 0.305 e. The summed E-state index contributed by atoms with van der Waals surface area (Å²) >= 11 is 1.44. The minimum atomic E-state index is -0.406. The van der Waals surface area contributed by atoms with E-state index in [1.54, 1.807) is 4.57 Å². The standard InChI is InChI=1S/C13H19N5O4S/c1-22-8(20)4-2-3-7-23-13-15-9-10(18(13)5-6-19)16-12(14)17-11(9)21/h19H,2-7H2,1H3,(H3,14,16,17,21). The molecule has 9 nitrogen and oxygen atoms in total. The van der Waals surface area contributed by atoms with Crippen molar-refractivity contribution in [1.29, 1.82) is 0 Å². The number of hydrogen-bond donors (Lipinski definition) is 3. The van der Waals surface area contributed by atoms with Crippen molar-refractivity contribution in [3.63, 3.8) is 0 Å². The van der Waals surface area contributed by atoms with Crippen LogP contribution in [0.3, 0.4) is 0 Å². The highest BCUT2D eigenvalue weighted by Gasteiger charge is 2.15. The molecule has 0 radical (unpaired) electrons. The number of unbranched alkanes of at least 4 members (excludes halogenated alkanes) is 1. The van der Waals surface area contributed by atoms with Gasteiger partial charge in [-0.2, -0.15) is 4.98 Å². The summed E-state index contributed by atoms with van der Waals surface area (Å²) < 4.78 is 6.25. The fourth-order valence-corrected chi connectivity index (χ4v) is 3.08. The molecule has 23 heavy (non-hydrogen) atoms. The van der Waals surface area contributed by atoms with Crippen LogP contribution in [0.25, 0.3) is 11.2 Å². The average molecular weight is 341 g/mol. The normalized spacial score (nSPS) is 11.0. The maximum absolute atomic E-state index is 11.9. The van der Waals surface area contributed by atoms with E-state index in [0.717, 1.165) is 12.2 Å². The Morgan fingerprint density at radius 1 is 1.43 bits per heavy atom. The molecule has 126 valence electrons. The third-order valence-corrected chi connectivity index (χ3v) is 4.21. The van der Waals surface area contributed by atoms with E-state index in [1.807, 2.05) is 0 Å². The number of esters is 1. The average Bonchev–Trinajstić information content (AvgIpc) is 2.85. The predicted octanol–water partition coefficient (Wildman–Crippen LogP) is 0.129. The van der Waals surface area contributed by atoms with Gasteiger partial charge in [-0.1, -0.05) is 11.8 Å². The van der Waals surface area contributed by atoms with Crippen LogP contribution >= 0.6 is 11.8 Å². The molecule has 0 bridgehead atoms. The van der Waals surface area contributed by atoms with E-state index < -0.39 is 5.56 Å². The van der Waals surface area contributed by atoms with Crippen molar-refractivity contribution >= 4 is 34.8 Å². The fourth-order valence-electron chi connectivity index (χ4n) is 2.06. The SMILES string of the molecule is COC(=O)CCCCSc1nc2c(=O)[nH]c(N)nc2n1CCO. The summed E-state index contributed by atoms with van der Waals surface area (Å²) in [6.07, 6.45) is 1.89. The highest BCUT2D eigenvalue weighted by atomic mass is 32.2. The number of rotatable bonds is 8. The number of thioether (sulfide) groups is 1. The van der Waals surface area contributed by atoms with Gasteiger partial charge in [-0.25, -0.2) is 4.98 Å². The second-order valence-electron chi connectivity index (χ2n) is 4.77. The summed E-state index contributed by atoms with van der Waals surface area (Å²) in [4.78, 5) is 33.7. The van der Waals surface area contributed by atoms with Crippen LogP contribution in [0.5, 0.6) is 0 Å². The van der Waals surface area contributed by atoms with Crippen molar-refractivity contribution in [3.05, 3.63) is 10.4 Å². The van der Waals surface area contributed by atoms with Crippen molar-refractivity contribution in [2.45, 2.75) is 31.0 Å². The number of aliphatic hydroxyl groups excluding tert-OH is 1. The Hall–Kier alpha value is -2.07. The lowest BCUT2D eigenvalue weighted by Gasteiger charge is -2.06. The third-order valence-electron chi connectivity index (χ3n) is 3.15. The van der Waals surface area contributed by atoms with Gasteiger partial charge in [-0.3, -0.25) is 14.6 Å². The van der Waals surface area contributed by atoms with Crippen molar-refractivity contribution in [2.24, 2.45) is 0 Å². The van der Waals surface area contributed by atoms with E-state index in [0.29, 0.717) is 23.6 Å². The summed E-state index contributed by atoms with van der Waals surface area (Å²) in [6, 6.07) is 0. The van der Waals surface area contributed by atoms with E-state index in [9.17, 15) is 14.7 Å². The number of aromatic amines is 1. The quantitative estimate of drug-likeness (QED) is 0.350. The van der Waals surface area contributed by atoms with Gasteiger partial charge in [-0.05, 0) is 12.8 Å². The summed E-state index contributed by atoms with van der Waals surface area (Å²) in [5, 5.41) is 9.80. The first kappa shape index (κ1) is 17.3. The molecule has 2 aromatic rings. The Morgan fingerprint density at radius 3 is 2.91 bits per heavy atom. The number of H-pyrrole nitrogens is 1. The molecule has 0 amide bonds. The topological polar surface area (TPSA) is 136 Å². The number of nitrogens with one attached hydrogen (secondary N) is 1. The molecule has 0 aliphatic rings.